The zero-order valence-electron chi connectivity index (χ0n) is 10.8. The Morgan fingerprint density at radius 1 is 1.44 bits per heavy atom. The highest BCUT2D eigenvalue weighted by atomic mass is 35.5. The molecule has 98 valence electrons. The number of hydrogen-bond acceptors (Lipinski definition) is 3. The summed E-state index contributed by atoms with van der Waals surface area (Å²) in [6.07, 6.45) is 2.34. The van der Waals surface area contributed by atoms with Crippen molar-refractivity contribution in [1.82, 2.24) is 0 Å². The van der Waals surface area contributed by atoms with Crippen molar-refractivity contribution in [3.8, 4) is 5.75 Å². The molecule has 0 atom stereocenters. The smallest absolute Gasteiger partial charge is 0.333 e. The molecule has 0 unspecified atom stereocenters. The van der Waals surface area contributed by atoms with E-state index < -0.39 is 0 Å². The van der Waals surface area contributed by atoms with E-state index >= 15 is 0 Å². The van der Waals surface area contributed by atoms with E-state index in [1.807, 2.05) is 26.0 Å². The van der Waals surface area contributed by atoms with Gasteiger partial charge < -0.3 is 9.47 Å². The number of carbonyl (C=O) groups is 1. The van der Waals surface area contributed by atoms with E-state index in [4.69, 9.17) is 16.3 Å². The maximum Gasteiger partial charge on any atom is 0.333 e. The Morgan fingerprint density at radius 3 is 2.78 bits per heavy atom. The third-order valence-corrected chi connectivity index (χ3v) is 2.78. The van der Waals surface area contributed by atoms with Gasteiger partial charge in [-0.05, 0) is 37.1 Å². The fourth-order valence-corrected chi connectivity index (χ4v) is 1.63. The summed E-state index contributed by atoms with van der Waals surface area (Å²) in [6, 6.07) is 5.46. The summed E-state index contributed by atoms with van der Waals surface area (Å²) in [5.41, 5.74) is 1.61. The molecule has 4 heteroatoms. The Bertz CT molecular complexity index is 452. The Hall–Kier alpha value is -1.48. The first-order valence-corrected chi connectivity index (χ1v) is 6.12. The summed E-state index contributed by atoms with van der Waals surface area (Å²) in [6.45, 7) is 4.16. The van der Waals surface area contributed by atoms with Crippen LogP contribution in [-0.2, 0) is 9.53 Å². The van der Waals surface area contributed by atoms with Gasteiger partial charge in [0.05, 0.1) is 7.11 Å². The second-order valence-corrected chi connectivity index (χ2v) is 4.23. The maximum absolute atomic E-state index is 11.3. The highest BCUT2D eigenvalue weighted by molar-refractivity contribution is 6.30. The second kappa shape index (κ2) is 7.07. The summed E-state index contributed by atoms with van der Waals surface area (Å²) >= 11 is 5.89. The molecule has 0 amide bonds. The van der Waals surface area contributed by atoms with E-state index in [1.54, 1.807) is 12.1 Å². The molecule has 18 heavy (non-hydrogen) atoms. The van der Waals surface area contributed by atoms with Crippen molar-refractivity contribution >= 4 is 17.6 Å². The molecule has 0 aliphatic heterocycles. The summed E-state index contributed by atoms with van der Waals surface area (Å²) < 4.78 is 10.2. The van der Waals surface area contributed by atoms with Crippen molar-refractivity contribution in [2.45, 2.75) is 20.3 Å². The fourth-order valence-electron chi connectivity index (χ4n) is 1.46. The van der Waals surface area contributed by atoms with Gasteiger partial charge in [0.25, 0.3) is 0 Å². The predicted octanol–water partition coefficient (Wildman–Crippen LogP) is 3.54. The van der Waals surface area contributed by atoms with E-state index in [1.165, 1.54) is 7.11 Å². The molecule has 0 aliphatic rings. The highest BCUT2D eigenvalue weighted by Gasteiger charge is 2.06. The molecule has 3 nitrogen and oxygen atoms in total. The number of rotatable bonds is 5. The van der Waals surface area contributed by atoms with E-state index in [0.29, 0.717) is 23.6 Å². The lowest BCUT2D eigenvalue weighted by Gasteiger charge is -2.08. The number of hydrogen-bond donors (Lipinski definition) is 0. The molecule has 0 aromatic heterocycles. The van der Waals surface area contributed by atoms with Crippen LogP contribution in [0.15, 0.2) is 29.8 Å². The molecule has 0 spiro atoms. The van der Waals surface area contributed by atoms with Crippen LogP contribution in [0.2, 0.25) is 5.02 Å². The standard InChI is InChI=1S/C14H17ClO3/c1-4-11(14(16)17-3)7-8-18-13-9-12(15)6-5-10(13)2/h5-7,9H,4,8H2,1-3H3. The van der Waals surface area contributed by atoms with Crippen molar-refractivity contribution in [3.63, 3.8) is 0 Å². The van der Waals surface area contributed by atoms with Crippen LogP contribution in [0.4, 0.5) is 0 Å². The molecule has 0 fully saturated rings. The fraction of sp³-hybridized carbons (Fsp3) is 0.357. The number of ether oxygens (including phenoxy) is 2. The third-order valence-electron chi connectivity index (χ3n) is 2.55. The number of aryl methyl sites for hydroxylation is 1. The van der Waals surface area contributed by atoms with Gasteiger partial charge in [-0.1, -0.05) is 24.6 Å². The van der Waals surface area contributed by atoms with Crippen molar-refractivity contribution in [2.24, 2.45) is 0 Å². The van der Waals surface area contributed by atoms with Crippen LogP contribution < -0.4 is 4.74 Å². The quantitative estimate of drug-likeness (QED) is 0.605. The molecule has 1 aromatic rings. The third kappa shape index (κ3) is 4.08. The van der Waals surface area contributed by atoms with Gasteiger partial charge in [-0.25, -0.2) is 4.79 Å². The Morgan fingerprint density at radius 2 is 2.17 bits per heavy atom. The minimum atomic E-state index is -0.316. The van der Waals surface area contributed by atoms with Gasteiger partial charge in [0.2, 0.25) is 0 Å². The van der Waals surface area contributed by atoms with Crippen LogP contribution in [0.3, 0.4) is 0 Å². The summed E-state index contributed by atoms with van der Waals surface area (Å²) in [7, 11) is 1.37. The van der Waals surface area contributed by atoms with Crippen molar-refractivity contribution in [3.05, 3.63) is 40.4 Å². The lowest BCUT2D eigenvalue weighted by molar-refractivity contribution is -0.136. The Kier molecular flexibility index (Phi) is 5.72. The molecular formula is C14H17ClO3. The van der Waals surface area contributed by atoms with E-state index in [0.717, 1.165) is 11.3 Å². The summed E-state index contributed by atoms with van der Waals surface area (Å²) in [4.78, 5) is 11.3. The average molecular weight is 269 g/mol. The van der Waals surface area contributed by atoms with Gasteiger partial charge in [-0.2, -0.15) is 0 Å². The average Bonchev–Trinajstić information content (AvgIpc) is 2.37. The summed E-state index contributed by atoms with van der Waals surface area (Å²) in [5.74, 6) is 0.406. The molecule has 0 N–H and O–H groups in total. The van der Waals surface area contributed by atoms with Crippen LogP contribution in [0.25, 0.3) is 0 Å². The monoisotopic (exact) mass is 268 g/mol. The van der Waals surface area contributed by atoms with Gasteiger partial charge >= 0.3 is 5.97 Å². The molecule has 0 saturated heterocycles. The van der Waals surface area contributed by atoms with Crippen LogP contribution in [-0.4, -0.2) is 19.7 Å². The zero-order chi connectivity index (χ0) is 13.5. The minimum Gasteiger partial charge on any atom is -0.489 e. The number of carbonyl (C=O) groups excluding carboxylic acids is 1. The predicted molar refractivity (Wildman–Crippen MR) is 72.1 cm³/mol. The normalized spacial score (nSPS) is 11.2. The van der Waals surface area contributed by atoms with Crippen molar-refractivity contribution < 1.29 is 14.3 Å². The van der Waals surface area contributed by atoms with Gasteiger partial charge in [0.15, 0.2) is 0 Å². The lowest BCUT2D eigenvalue weighted by atomic mass is 10.2. The van der Waals surface area contributed by atoms with Gasteiger partial charge in [0, 0.05) is 10.6 Å². The largest absolute Gasteiger partial charge is 0.489 e. The topological polar surface area (TPSA) is 35.5 Å². The molecule has 0 radical (unpaired) electrons. The highest BCUT2D eigenvalue weighted by Crippen LogP contribution is 2.22. The number of esters is 1. The van der Waals surface area contributed by atoms with E-state index in [9.17, 15) is 4.79 Å². The maximum atomic E-state index is 11.3. The molecular weight excluding hydrogens is 252 g/mol. The van der Waals surface area contributed by atoms with Gasteiger partial charge in [-0.15, -0.1) is 0 Å². The lowest BCUT2D eigenvalue weighted by Crippen LogP contribution is -2.06. The molecule has 1 rings (SSSR count). The van der Waals surface area contributed by atoms with Gasteiger partial charge in [-0.3, -0.25) is 0 Å². The summed E-state index contributed by atoms with van der Waals surface area (Å²) in [5, 5.41) is 0.628. The Balaban J connectivity index is 2.67. The first kappa shape index (κ1) is 14.6. The number of halogens is 1. The number of benzene rings is 1. The first-order chi connectivity index (χ1) is 8.58. The molecule has 0 saturated carbocycles. The Labute approximate surface area is 112 Å². The number of methoxy groups -OCH3 is 1. The van der Waals surface area contributed by atoms with Crippen molar-refractivity contribution in [1.29, 1.82) is 0 Å². The first-order valence-electron chi connectivity index (χ1n) is 5.74. The van der Waals surface area contributed by atoms with Crippen LogP contribution in [0.5, 0.6) is 5.75 Å². The van der Waals surface area contributed by atoms with E-state index in [2.05, 4.69) is 4.74 Å². The second-order valence-electron chi connectivity index (χ2n) is 3.80. The van der Waals surface area contributed by atoms with E-state index in [-0.39, 0.29) is 5.97 Å². The molecule has 1 aromatic carbocycles. The van der Waals surface area contributed by atoms with Crippen LogP contribution in [0.1, 0.15) is 18.9 Å². The van der Waals surface area contributed by atoms with Crippen LogP contribution >= 0.6 is 11.6 Å². The molecule has 0 bridgehead atoms. The minimum absolute atomic E-state index is 0.316. The molecule has 0 aliphatic carbocycles. The zero-order valence-corrected chi connectivity index (χ0v) is 11.6. The van der Waals surface area contributed by atoms with Crippen molar-refractivity contribution in [2.75, 3.05) is 13.7 Å². The SMILES string of the molecule is CCC(=CCOc1cc(Cl)ccc1C)C(=O)OC. The van der Waals surface area contributed by atoms with Gasteiger partial charge in [0.1, 0.15) is 12.4 Å². The van der Waals surface area contributed by atoms with Crippen LogP contribution in [0, 0.1) is 6.92 Å². The molecule has 0 heterocycles.